The summed E-state index contributed by atoms with van der Waals surface area (Å²) in [5.41, 5.74) is 7.24. The maximum absolute atomic E-state index is 14.1. The molecule has 3 aromatic carbocycles. The fourth-order valence-electron chi connectivity index (χ4n) is 5.27. The van der Waals surface area contributed by atoms with E-state index in [2.05, 4.69) is 5.32 Å². The molecule has 0 atom stereocenters. The molecule has 1 fully saturated rings. The number of aryl methyl sites for hydroxylation is 1. The number of amides is 3. The Kier molecular flexibility index (Phi) is 8.40. The fourth-order valence-corrected chi connectivity index (χ4v) is 6.87. The average molecular weight is 605 g/mol. The molecule has 1 saturated carbocycles. The molecule has 224 valence electrons. The van der Waals surface area contributed by atoms with Crippen LogP contribution in [0.25, 0.3) is 10.9 Å². The number of benzene rings is 3. The lowest BCUT2D eigenvalue weighted by atomic mass is 10.1. The highest BCUT2D eigenvalue weighted by molar-refractivity contribution is 7.89. The van der Waals surface area contributed by atoms with Crippen LogP contribution in [0.3, 0.4) is 0 Å². The number of hydrogen-bond acceptors (Lipinski definition) is 7. The topological polar surface area (TPSA) is 150 Å². The molecule has 0 aliphatic heterocycles. The van der Waals surface area contributed by atoms with Crippen molar-refractivity contribution in [3.8, 4) is 5.75 Å². The first-order valence-electron chi connectivity index (χ1n) is 13.8. The lowest BCUT2D eigenvalue weighted by Gasteiger charge is -2.23. The van der Waals surface area contributed by atoms with Crippen molar-refractivity contribution in [3.63, 3.8) is 0 Å². The van der Waals surface area contributed by atoms with Gasteiger partial charge in [-0.1, -0.05) is 24.3 Å². The Morgan fingerprint density at radius 2 is 1.77 bits per heavy atom. The smallest absolute Gasteiger partial charge is 0.411 e. The monoisotopic (exact) mass is 604 g/mol. The molecule has 4 aromatic rings. The van der Waals surface area contributed by atoms with Crippen molar-refractivity contribution in [3.05, 3.63) is 89.6 Å². The number of carbonyl (C=O) groups excluding carboxylic acids is 3. The van der Waals surface area contributed by atoms with Gasteiger partial charge in [-0.25, -0.2) is 22.3 Å². The minimum absolute atomic E-state index is 0.0399. The van der Waals surface area contributed by atoms with Gasteiger partial charge in [-0.05, 0) is 86.2 Å². The van der Waals surface area contributed by atoms with Crippen molar-refractivity contribution < 1.29 is 32.3 Å². The van der Waals surface area contributed by atoms with Gasteiger partial charge in [0.1, 0.15) is 11.9 Å². The van der Waals surface area contributed by atoms with Crippen LogP contribution in [0.4, 0.5) is 15.3 Å². The zero-order valence-corrected chi connectivity index (χ0v) is 24.6. The van der Waals surface area contributed by atoms with Gasteiger partial charge in [-0.15, -0.1) is 0 Å². The van der Waals surface area contributed by atoms with Crippen molar-refractivity contribution >= 4 is 44.6 Å². The Morgan fingerprint density at radius 1 is 1.02 bits per heavy atom. The first-order chi connectivity index (χ1) is 20.6. The summed E-state index contributed by atoms with van der Waals surface area (Å²) < 4.78 is 40.8. The predicted octanol–water partition coefficient (Wildman–Crippen LogP) is 5.41. The van der Waals surface area contributed by atoms with Gasteiger partial charge in [0.25, 0.3) is 15.9 Å². The Bertz CT molecular complexity index is 1810. The van der Waals surface area contributed by atoms with Crippen LogP contribution in [-0.4, -0.2) is 48.5 Å². The van der Waals surface area contributed by atoms with Crippen molar-refractivity contribution in [2.45, 2.75) is 50.2 Å². The molecule has 1 aliphatic rings. The molecule has 0 radical (unpaired) electrons. The van der Waals surface area contributed by atoms with Gasteiger partial charge in [0.2, 0.25) is 0 Å². The van der Waals surface area contributed by atoms with Crippen molar-refractivity contribution in [2.24, 2.45) is 5.73 Å². The number of fused-ring (bicyclic) bond motifs is 1. The number of aromatic nitrogens is 1. The minimum Gasteiger partial charge on any atom is -0.497 e. The fraction of sp³-hybridized carbons (Fsp3) is 0.258. The number of nitrogens with one attached hydrogen (secondary N) is 1. The van der Waals surface area contributed by atoms with E-state index in [1.807, 2.05) is 0 Å². The van der Waals surface area contributed by atoms with Gasteiger partial charge in [0.05, 0.1) is 24.1 Å². The normalized spacial score (nSPS) is 13.5. The highest BCUT2D eigenvalue weighted by atomic mass is 32.2. The molecular formula is C31H32N4O7S. The number of methoxy groups -OCH3 is 1. The van der Waals surface area contributed by atoms with Gasteiger partial charge < -0.3 is 15.2 Å². The number of carbonyl (C=O) groups is 3. The molecule has 11 nitrogen and oxygen atoms in total. The van der Waals surface area contributed by atoms with Gasteiger partial charge in [0.15, 0.2) is 0 Å². The molecular weight excluding hydrogens is 572 g/mol. The minimum atomic E-state index is -4.39. The standard InChI is InChI=1S/C31H32N4O7S/c1-20-8-3-6-13-28(20)43(39,40)35(29(36)21-9-7-12-25(16-21)41-2)19-22-18-34(30(32)37)27-15-14-23(17-26(22)27)33-31(38)42-24-10-4-5-11-24/h3,6-9,12-18,24H,4-5,10-11,19H2,1-2H3,(H2,32,37)(H,33,38). The summed E-state index contributed by atoms with van der Waals surface area (Å²) in [6.45, 7) is 1.21. The Balaban J connectivity index is 1.58. The lowest BCUT2D eigenvalue weighted by Crippen LogP contribution is -2.36. The van der Waals surface area contributed by atoms with E-state index in [4.69, 9.17) is 15.2 Å². The molecule has 0 spiro atoms. The maximum atomic E-state index is 14.1. The highest BCUT2D eigenvalue weighted by Gasteiger charge is 2.33. The number of hydrogen-bond donors (Lipinski definition) is 2. The van der Waals surface area contributed by atoms with Crippen molar-refractivity contribution in [1.29, 1.82) is 0 Å². The summed E-state index contributed by atoms with van der Waals surface area (Å²) in [5, 5.41) is 3.12. The highest BCUT2D eigenvalue weighted by Crippen LogP contribution is 2.30. The number of nitrogens with zero attached hydrogens (tertiary/aromatic N) is 2. The third-order valence-electron chi connectivity index (χ3n) is 7.47. The molecule has 3 amide bonds. The molecule has 1 aliphatic carbocycles. The van der Waals surface area contributed by atoms with Crippen LogP contribution in [0.5, 0.6) is 5.75 Å². The van der Waals surface area contributed by atoms with Crippen LogP contribution in [0.2, 0.25) is 0 Å². The molecule has 3 N–H and O–H groups in total. The Hall–Kier alpha value is -4.84. The number of sulfonamides is 1. The first kappa shape index (κ1) is 29.6. The summed E-state index contributed by atoms with van der Waals surface area (Å²) in [6.07, 6.45) is 4.27. The predicted molar refractivity (Wildman–Crippen MR) is 161 cm³/mol. The molecule has 5 rings (SSSR count). The van der Waals surface area contributed by atoms with Crippen LogP contribution in [0.1, 0.15) is 47.2 Å². The summed E-state index contributed by atoms with van der Waals surface area (Å²) in [5.74, 6) is -0.416. The van der Waals surface area contributed by atoms with Gasteiger partial charge >= 0.3 is 12.1 Å². The van der Waals surface area contributed by atoms with Gasteiger partial charge in [-0.2, -0.15) is 0 Å². The van der Waals surface area contributed by atoms with E-state index < -0.39 is 34.6 Å². The second kappa shape index (κ2) is 12.2. The zero-order valence-electron chi connectivity index (χ0n) is 23.8. The van der Waals surface area contributed by atoms with Crippen LogP contribution >= 0.6 is 0 Å². The number of anilines is 1. The Labute approximate surface area is 249 Å². The number of rotatable bonds is 8. The molecule has 12 heteroatoms. The number of nitrogens with two attached hydrogens (primary N) is 1. The first-order valence-corrected chi connectivity index (χ1v) is 15.2. The summed E-state index contributed by atoms with van der Waals surface area (Å²) in [4.78, 5) is 38.8. The van der Waals surface area contributed by atoms with E-state index in [-0.39, 0.29) is 16.6 Å². The van der Waals surface area contributed by atoms with E-state index >= 15 is 0 Å². The van der Waals surface area contributed by atoms with E-state index in [0.29, 0.717) is 33.5 Å². The SMILES string of the molecule is COc1cccc(C(=O)N(Cc2cn(C(N)=O)c3ccc(NC(=O)OC4CCCC4)cc23)S(=O)(=O)c2ccccc2C)c1. The van der Waals surface area contributed by atoms with Gasteiger partial charge in [0, 0.05) is 22.8 Å². The number of ether oxygens (including phenoxy) is 2. The molecule has 43 heavy (non-hydrogen) atoms. The number of primary amides is 1. The average Bonchev–Trinajstić information content (AvgIpc) is 3.63. The zero-order chi connectivity index (χ0) is 30.7. The third-order valence-corrected chi connectivity index (χ3v) is 9.35. The van der Waals surface area contributed by atoms with E-state index in [1.54, 1.807) is 55.5 Å². The van der Waals surface area contributed by atoms with E-state index in [9.17, 15) is 22.8 Å². The molecule has 0 unspecified atom stereocenters. The van der Waals surface area contributed by atoms with Crippen LogP contribution < -0.4 is 15.8 Å². The van der Waals surface area contributed by atoms with Crippen LogP contribution in [0, 0.1) is 6.92 Å². The summed E-state index contributed by atoms with van der Waals surface area (Å²) in [7, 11) is -2.95. The lowest BCUT2D eigenvalue weighted by molar-refractivity contribution is 0.0854. The summed E-state index contributed by atoms with van der Waals surface area (Å²) in [6, 6.07) is 16.5. The van der Waals surface area contributed by atoms with Gasteiger partial charge in [-0.3, -0.25) is 14.7 Å². The molecule has 1 aromatic heterocycles. The van der Waals surface area contributed by atoms with Crippen molar-refractivity contribution in [1.82, 2.24) is 8.87 Å². The molecule has 1 heterocycles. The van der Waals surface area contributed by atoms with Crippen LogP contribution in [0.15, 0.2) is 77.8 Å². The molecule has 0 bridgehead atoms. The largest absolute Gasteiger partial charge is 0.497 e. The third kappa shape index (κ3) is 6.19. The van der Waals surface area contributed by atoms with E-state index in [0.717, 1.165) is 30.0 Å². The quantitative estimate of drug-likeness (QED) is 0.273. The second-order valence-corrected chi connectivity index (χ2v) is 12.2. The van der Waals surface area contributed by atoms with Crippen molar-refractivity contribution in [2.75, 3.05) is 12.4 Å². The Morgan fingerprint density at radius 3 is 2.47 bits per heavy atom. The molecule has 0 saturated heterocycles. The van der Waals surface area contributed by atoms with E-state index in [1.165, 1.54) is 36.1 Å². The second-order valence-electron chi connectivity index (χ2n) is 10.3. The van der Waals surface area contributed by atoms with Crippen LogP contribution in [-0.2, 0) is 21.3 Å². The maximum Gasteiger partial charge on any atom is 0.411 e. The summed E-state index contributed by atoms with van der Waals surface area (Å²) >= 11 is 0.